The number of H-pyrrole nitrogens is 1. The van der Waals surface area contributed by atoms with Crippen LogP contribution in [0.3, 0.4) is 0 Å². The SMILES string of the molecule is O=c1cc(N2CCOCC2)cc(N2C[C@H]3C[C@H]3[C@@H]2Cc2ccccc2)[nH]1. The van der Waals surface area contributed by atoms with Crippen molar-refractivity contribution in [3.63, 3.8) is 0 Å². The normalized spacial score (nSPS) is 27.5. The average molecular weight is 351 g/mol. The Morgan fingerprint density at radius 2 is 1.92 bits per heavy atom. The predicted molar refractivity (Wildman–Crippen MR) is 103 cm³/mol. The molecule has 1 aliphatic carbocycles. The van der Waals surface area contributed by atoms with Gasteiger partial charge in [-0.3, -0.25) is 4.79 Å². The minimum atomic E-state index is -0.0111. The number of morpholine rings is 1. The van der Waals surface area contributed by atoms with Gasteiger partial charge in [-0.25, -0.2) is 0 Å². The van der Waals surface area contributed by atoms with Crippen LogP contribution in [0.1, 0.15) is 12.0 Å². The third-order valence-electron chi connectivity index (χ3n) is 6.09. The Balaban J connectivity index is 1.43. The number of aromatic nitrogens is 1. The third-order valence-corrected chi connectivity index (χ3v) is 6.09. The first-order chi connectivity index (χ1) is 12.8. The zero-order valence-corrected chi connectivity index (χ0v) is 14.9. The maximum Gasteiger partial charge on any atom is 0.251 e. The Labute approximate surface area is 153 Å². The van der Waals surface area contributed by atoms with Crippen LogP contribution in [-0.2, 0) is 11.2 Å². The minimum absolute atomic E-state index is 0.0111. The molecule has 1 aromatic carbocycles. The highest BCUT2D eigenvalue weighted by molar-refractivity contribution is 5.57. The fourth-order valence-corrected chi connectivity index (χ4v) is 4.64. The van der Waals surface area contributed by atoms with Crippen molar-refractivity contribution in [2.45, 2.75) is 18.9 Å². The molecule has 0 spiro atoms. The molecule has 0 amide bonds. The Bertz CT molecular complexity index is 829. The van der Waals surface area contributed by atoms with Crippen molar-refractivity contribution in [3.8, 4) is 0 Å². The van der Waals surface area contributed by atoms with Crippen LogP contribution in [0.4, 0.5) is 11.5 Å². The molecule has 1 N–H and O–H groups in total. The molecule has 2 aromatic rings. The van der Waals surface area contributed by atoms with E-state index < -0.39 is 0 Å². The molecular weight excluding hydrogens is 326 g/mol. The van der Waals surface area contributed by atoms with Gasteiger partial charge in [0.1, 0.15) is 5.82 Å². The molecule has 0 bridgehead atoms. The van der Waals surface area contributed by atoms with Crippen LogP contribution in [0.15, 0.2) is 47.3 Å². The summed E-state index contributed by atoms with van der Waals surface area (Å²) in [6.07, 6.45) is 2.38. The second-order valence-corrected chi connectivity index (χ2v) is 7.76. The van der Waals surface area contributed by atoms with E-state index in [2.05, 4.69) is 51.2 Å². The van der Waals surface area contributed by atoms with E-state index in [1.54, 1.807) is 6.07 Å². The quantitative estimate of drug-likeness (QED) is 0.918. The third kappa shape index (κ3) is 3.01. The number of benzene rings is 1. The smallest absolute Gasteiger partial charge is 0.251 e. The summed E-state index contributed by atoms with van der Waals surface area (Å²) < 4.78 is 5.45. The van der Waals surface area contributed by atoms with Crippen LogP contribution >= 0.6 is 0 Å². The summed E-state index contributed by atoms with van der Waals surface area (Å²) in [6.45, 7) is 4.22. The molecule has 26 heavy (non-hydrogen) atoms. The van der Waals surface area contributed by atoms with E-state index >= 15 is 0 Å². The van der Waals surface area contributed by atoms with E-state index in [4.69, 9.17) is 4.74 Å². The molecule has 2 aliphatic heterocycles. The van der Waals surface area contributed by atoms with Crippen LogP contribution in [-0.4, -0.2) is 43.9 Å². The highest BCUT2D eigenvalue weighted by Gasteiger charge is 2.52. The van der Waals surface area contributed by atoms with E-state index in [1.165, 1.54) is 12.0 Å². The number of pyridine rings is 1. The van der Waals surface area contributed by atoms with E-state index in [9.17, 15) is 4.79 Å². The van der Waals surface area contributed by atoms with Crippen LogP contribution in [0.2, 0.25) is 0 Å². The number of fused-ring (bicyclic) bond motifs is 1. The summed E-state index contributed by atoms with van der Waals surface area (Å²) in [6, 6.07) is 15.1. The van der Waals surface area contributed by atoms with Gasteiger partial charge in [0.25, 0.3) is 5.56 Å². The van der Waals surface area contributed by atoms with E-state index in [0.717, 1.165) is 62.6 Å². The number of hydrogen-bond donors (Lipinski definition) is 1. The van der Waals surface area contributed by atoms with Crippen molar-refractivity contribution in [2.75, 3.05) is 42.6 Å². The number of nitrogens with zero attached hydrogens (tertiary/aromatic N) is 2. The number of ether oxygens (including phenoxy) is 1. The molecule has 5 heteroatoms. The molecule has 1 aromatic heterocycles. The average Bonchev–Trinajstić information content (AvgIpc) is 3.37. The molecule has 0 radical (unpaired) electrons. The van der Waals surface area contributed by atoms with Crippen molar-refractivity contribution in [1.29, 1.82) is 0 Å². The Morgan fingerprint density at radius 1 is 1.12 bits per heavy atom. The summed E-state index contributed by atoms with van der Waals surface area (Å²) in [5.41, 5.74) is 2.39. The second-order valence-electron chi connectivity index (χ2n) is 7.76. The topological polar surface area (TPSA) is 48.6 Å². The number of piperidine rings is 1. The van der Waals surface area contributed by atoms with Gasteiger partial charge >= 0.3 is 0 Å². The summed E-state index contributed by atoms with van der Waals surface area (Å²) in [5, 5.41) is 0. The summed E-state index contributed by atoms with van der Waals surface area (Å²) >= 11 is 0. The first-order valence-electron chi connectivity index (χ1n) is 9.65. The fraction of sp³-hybridized carbons (Fsp3) is 0.476. The maximum atomic E-state index is 12.3. The van der Waals surface area contributed by atoms with Crippen LogP contribution < -0.4 is 15.4 Å². The van der Waals surface area contributed by atoms with Gasteiger partial charge in [0.15, 0.2) is 0 Å². The number of aromatic amines is 1. The molecule has 5 nitrogen and oxygen atoms in total. The highest BCUT2D eigenvalue weighted by Crippen LogP contribution is 2.51. The van der Waals surface area contributed by atoms with E-state index in [1.807, 2.05) is 0 Å². The van der Waals surface area contributed by atoms with Gasteiger partial charge in [-0.1, -0.05) is 30.3 Å². The zero-order valence-electron chi connectivity index (χ0n) is 14.9. The Hall–Kier alpha value is -2.27. The summed E-state index contributed by atoms with van der Waals surface area (Å²) in [4.78, 5) is 20.1. The van der Waals surface area contributed by atoms with Crippen molar-refractivity contribution >= 4 is 11.5 Å². The Kier molecular flexibility index (Phi) is 3.97. The van der Waals surface area contributed by atoms with Gasteiger partial charge in [0.05, 0.1) is 13.2 Å². The van der Waals surface area contributed by atoms with Gasteiger partial charge < -0.3 is 19.5 Å². The first-order valence-corrected chi connectivity index (χ1v) is 9.65. The molecular formula is C21H25N3O2. The molecule has 3 heterocycles. The van der Waals surface area contributed by atoms with Crippen LogP contribution in [0.25, 0.3) is 0 Å². The zero-order chi connectivity index (χ0) is 17.5. The van der Waals surface area contributed by atoms with Gasteiger partial charge in [-0.15, -0.1) is 0 Å². The lowest BCUT2D eigenvalue weighted by Gasteiger charge is -2.32. The molecule has 3 fully saturated rings. The summed E-state index contributed by atoms with van der Waals surface area (Å²) in [5.74, 6) is 2.54. The van der Waals surface area contributed by atoms with Crippen LogP contribution in [0.5, 0.6) is 0 Å². The first kappa shape index (κ1) is 15.9. The van der Waals surface area contributed by atoms with Gasteiger partial charge in [0, 0.05) is 43.5 Å². The van der Waals surface area contributed by atoms with Gasteiger partial charge in [-0.2, -0.15) is 0 Å². The molecule has 3 aliphatic rings. The molecule has 3 atom stereocenters. The maximum absolute atomic E-state index is 12.3. The number of anilines is 2. The molecule has 136 valence electrons. The van der Waals surface area contributed by atoms with E-state index in [0.29, 0.717) is 6.04 Å². The lowest BCUT2D eigenvalue weighted by molar-refractivity contribution is 0.122. The number of rotatable bonds is 4. The standard InChI is InChI=1S/C21H25N3O2/c25-21-13-17(23-6-8-26-9-7-23)12-20(22-21)24-14-16-11-18(16)19(24)10-15-4-2-1-3-5-15/h1-5,12-13,16,18-19H,6-11,14H2,(H,22,25)/t16-,18-,19+/m1/s1. The largest absolute Gasteiger partial charge is 0.378 e. The van der Waals surface area contributed by atoms with Crippen LogP contribution in [0, 0.1) is 11.8 Å². The molecule has 5 rings (SSSR count). The van der Waals surface area contributed by atoms with Crippen molar-refractivity contribution < 1.29 is 4.74 Å². The highest BCUT2D eigenvalue weighted by atomic mass is 16.5. The van der Waals surface area contributed by atoms with Crippen molar-refractivity contribution in [2.24, 2.45) is 11.8 Å². The lowest BCUT2D eigenvalue weighted by Crippen LogP contribution is -2.38. The van der Waals surface area contributed by atoms with Crippen molar-refractivity contribution in [3.05, 3.63) is 58.4 Å². The van der Waals surface area contributed by atoms with Gasteiger partial charge in [-0.05, 0) is 30.2 Å². The second kappa shape index (κ2) is 6.47. The molecule has 0 unspecified atom stereocenters. The predicted octanol–water partition coefficient (Wildman–Crippen LogP) is 2.28. The Morgan fingerprint density at radius 3 is 2.73 bits per heavy atom. The minimum Gasteiger partial charge on any atom is -0.378 e. The lowest BCUT2D eigenvalue weighted by atomic mass is 10.0. The number of nitrogens with one attached hydrogen (secondary N) is 1. The van der Waals surface area contributed by atoms with Gasteiger partial charge in [0.2, 0.25) is 0 Å². The van der Waals surface area contributed by atoms with E-state index in [-0.39, 0.29) is 5.56 Å². The molecule has 2 saturated heterocycles. The fourth-order valence-electron chi connectivity index (χ4n) is 4.64. The molecule has 1 saturated carbocycles. The number of hydrogen-bond acceptors (Lipinski definition) is 4. The van der Waals surface area contributed by atoms with Crippen molar-refractivity contribution in [1.82, 2.24) is 4.98 Å². The monoisotopic (exact) mass is 351 g/mol. The summed E-state index contributed by atoms with van der Waals surface area (Å²) in [7, 11) is 0.